The highest BCUT2D eigenvalue weighted by molar-refractivity contribution is 6.32. The number of aliphatic carboxylic acids is 1. The van der Waals surface area contributed by atoms with Crippen molar-refractivity contribution in [1.29, 1.82) is 0 Å². The predicted octanol–water partition coefficient (Wildman–Crippen LogP) is 5.61. The fourth-order valence-corrected chi connectivity index (χ4v) is 5.09. The second kappa shape index (κ2) is 47.6. The number of hydrogen-bond acceptors (Lipinski definition) is 14. The third-order valence-electron chi connectivity index (χ3n) is 8.28. The molecule has 0 aliphatic heterocycles. The molecule has 0 aromatic rings. The number of rotatable bonds is 49. The van der Waals surface area contributed by atoms with E-state index in [-0.39, 0.29) is 26.1 Å². The summed E-state index contributed by atoms with van der Waals surface area (Å²) in [4.78, 5) is 32.7. The molecule has 0 aromatic carbocycles. The Kier molecular flexibility index (Phi) is 46.1. The molecule has 56 heavy (non-hydrogen) atoms. The van der Waals surface area contributed by atoms with Gasteiger partial charge in [0, 0.05) is 13.0 Å². The normalized spacial score (nSPS) is 11.4. The quantitative estimate of drug-likeness (QED) is 0.0456. The summed E-state index contributed by atoms with van der Waals surface area (Å²) in [6.45, 7) is 12.0. The summed E-state index contributed by atoms with van der Waals surface area (Å²) in [7, 11) is 0. The lowest BCUT2D eigenvalue weighted by atomic mass is 10.0. The van der Waals surface area contributed by atoms with E-state index in [0.29, 0.717) is 119 Å². The summed E-state index contributed by atoms with van der Waals surface area (Å²) in [6, 6.07) is 0. The topological polar surface area (TPSA) is 173 Å². The van der Waals surface area contributed by atoms with Gasteiger partial charge >= 0.3 is 11.9 Å². The van der Waals surface area contributed by atoms with Gasteiger partial charge in [-0.1, -0.05) is 90.4 Å². The van der Waals surface area contributed by atoms with E-state index in [1.807, 2.05) is 0 Å². The van der Waals surface area contributed by atoms with E-state index in [9.17, 15) is 14.4 Å². The highest BCUT2D eigenvalue weighted by Gasteiger charge is 2.14. The zero-order valence-corrected chi connectivity index (χ0v) is 34.8. The molecule has 1 N–H and O–H groups in total. The van der Waals surface area contributed by atoms with Crippen molar-refractivity contribution in [3.8, 4) is 0 Å². The molecular formula is C41H78O15. The summed E-state index contributed by atoms with van der Waals surface area (Å²) < 4.78 is 59.6. The Morgan fingerprint density at radius 3 is 0.857 bits per heavy atom. The van der Waals surface area contributed by atoms with Gasteiger partial charge in [-0.2, -0.15) is 0 Å². The maximum Gasteiger partial charge on any atom is 0.372 e. The van der Waals surface area contributed by atoms with Crippen LogP contribution < -0.4 is 0 Å². The van der Waals surface area contributed by atoms with Gasteiger partial charge in [-0.3, -0.25) is 9.59 Å². The minimum atomic E-state index is -1.56. The number of ether oxygens (including phenoxy) is 11. The number of carboxylic acid groups (broad SMARTS) is 1. The predicted molar refractivity (Wildman–Crippen MR) is 211 cm³/mol. The van der Waals surface area contributed by atoms with Crippen LogP contribution in [0.3, 0.4) is 0 Å². The van der Waals surface area contributed by atoms with Crippen LogP contribution in [-0.2, 0) is 66.5 Å². The Morgan fingerprint density at radius 1 is 0.321 bits per heavy atom. The molecule has 0 bridgehead atoms. The summed E-state index contributed by atoms with van der Waals surface area (Å²) in [5.41, 5.74) is 0. The van der Waals surface area contributed by atoms with Gasteiger partial charge in [-0.05, 0) is 6.42 Å². The highest BCUT2D eigenvalue weighted by Crippen LogP contribution is 2.13. The van der Waals surface area contributed by atoms with Crippen LogP contribution in [-0.4, -0.2) is 162 Å². The second-order valence-corrected chi connectivity index (χ2v) is 13.2. The summed E-state index contributed by atoms with van der Waals surface area (Å²) >= 11 is 0. The van der Waals surface area contributed by atoms with Crippen molar-refractivity contribution in [3.63, 3.8) is 0 Å². The van der Waals surface area contributed by atoms with Gasteiger partial charge in [-0.15, -0.1) is 0 Å². The van der Waals surface area contributed by atoms with Crippen LogP contribution in [0.1, 0.15) is 110 Å². The molecule has 0 aliphatic carbocycles. The largest absolute Gasteiger partial charge is 0.476 e. The van der Waals surface area contributed by atoms with Gasteiger partial charge < -0.3 is 57.2 Å². The first-order valence-electron chi connectivity index (χ1n) is 21.3. The molecule has 0 saturated heterocycles. The highest BCUT2D eigenvalue weighted by atomic mass is 16.6. The Morgan fingerprint density at radius 2 is 0.571 bits per heavy atom. The summed E-state index contributed by atoms with van der Waals surface area (Å²) in [5.74, 6) is -3.23. The van der Waals surface area contributed by atoms with E-state index >= 15 is 0 Å². The SMILES string of the molecule is CCCCCCCCCCCCCCCCOCCOCCOCCOCCOCCOCCOCCOCCOCCOCCOC(=O)CCC(=O)C(=O)O. The van der Waals surface area contributed by atoms with Crippen molar-refractivity contribution >= 4 is 17.7 Å². The van der Waals surface area contributed by atoms with E-state index in [1.54, 1.807) is 0 Å². The molecule has 15 heteroatoms. The van der Waals surface area contributed by atoms with Gasteiger partial charge in [0.05, 0.1) is 132 Å². The standard InChI is InChI=1S/C41H78O15/c1-2-3-4-5-6-7-8-9-10-11-12-13-14-15-18-46-19-20-47-21-22-48-23-24-49-25-26-50-27-28-51-29-30-52-31-32-53-33-34-54-35-36-55-37-38-56-40(43)17-16-39(42)41(44)45/h2-38H2,1H3,(H,44,45). The van der Waals surface area contributed by atoms with Crippen LogP contribution >= 0.6 is 0 Å². The van der Waals surface area contributed by atoms with Crippen molar-refractivity contribution in [2.45, 2.75) is 110 Å². The minimum Gasteiger partial charge on any atom is -0.476 e. The number of Topliss-reactive ketones (excluding diaryl/α,β-unsaturated/α-hetero) is 1. The lowest BCUT2D eigenvalue weighted by Gasteiger charge is -2.09. The first kappa shape index (κ1) is 54.2. The van der Waals surface area contributed by atoms with Crippen molar-refractivity contribution in [2.24, 2.45) is 0 Å². The van der Waals surface area contributed by atoms with Crippen LogP contribution in [0.2, 0.25) is 0 Å². The number of esters is 1. The van der Waals surface area contributed by atoms with Crippen LogP contribution in [0.4, 0.5) is 0 Å². The lowest BCUT2D eigenvalue weighted by molar-refractivity contribution is -0.151. The summed E-state index contributed by atoms with van der Waals surface area (Å²) in [5, 5.41) is 8.46. The zero-order valence-electron chi connectivity index (χ0n) is 34.8. The molecule has 0 fully saturated rings. The average Bonchev–Trinajstić information content (AvgIpc) is 3.19. The van der Waals surface area contributed by atoms with E-state index in [0.717, 1.165) is 13.0 Å². The number of carboxylic acids is 1. The van der Waals surface area contributed by atoms with E-state index in [4.69, 9.17) is 57.2 Å². The smallest absolute Gasteiger partial charge is 0.372 e. The fourth-order valence-electron chi connectivity index (χ4n) is 5.09. The van der Waals surface area contributed by atoms with Gasteiger partial charge in [0.25, 0.3) is 0 Å². The van der Waals surface area contributed by atoms with Gasteiger partial charge in [-0.25, -0.2) is 4.79 Å². The zero-order chi connectivity index (χ0) is 40.7. The van der Waals surface area contributed by atoms with E-state index < -0.39 is 17.7 Å². The van der Waals surface area contributed by atoms with E-state index in [1.165, 1.54) is 83.5 Å². The maximum atomic E-state index is 11.4. The third kappa shape index (κ3) is 46.6. The number of unbranched alkanes of at least 4 members (excludes halogenated alkanes) is 13. The maximum absolute atomic E-state index is 11.4. The first-order chi connectivity index (χ1) is 27.6. The molecule has 0 aromatic heterocycles. The minimum absolute atomic E-state index is 0.0166. The lowest BCUT2D eigenvalue weighted by Crippen LogP contribution is -2.17. The Bertz CT molecular complexity index is 833. The fraction of sp³-hybridized carbons (Fsp3) is 0.927. The number of carbonyl (C=O) groups is 3. The third-order valence-corrected chi connectivity index (χ3v) is 8.28. The molecule has 0 saturated carbocycles. The molecule has 0 atom stereocenters. The monoisotopic (exact) mass is 811 g/mol. The van der Waals surface area contributed by atoms with Crippen LogP contribution in [0.25, 0.3) is 0 Å². The first-order valence-corrected chi connectivity index (χ1v) is 21.3. The molecule has 332 valence electrons. The number of hydrogen-bond donors (Lipinski definition) is 1. The molecule has 0 radical (unpaired) electrons. The van der Waals surface area contributed by atoms with Crippen molar-refractivity contribution < 1.29 is 71.6 Å². The van der Waals surface area contributed by atoms with E-state index in [2.05, 4.69) is 6.92 Å². The molecule has 0 heterocycles. The molecule has 15 nitrogen and oxygen atoms in total. The molecule has 0 amide bonds. The number of carbonyl (C=O) groups excluding carboxylic acids is 2. The Hall–Kier alpha value is -1.79. The Balaban J connectivity index is 3.11. The number of ketones is 1. The Labute approximate surface area is 337 Å². The van der Waals surface area contributed by atoms with Crippen LogP contribution in [0.5, 0.6) is 0 Å². The van der Waals surface area contributed by atoms with Gasteiger partial charge in [0.2, 0.25) is 5.78 Å². The molecule has 0 spiro atoms. The van der Waals surface area contributed by atoms with Crippen molar-refractivity contribution in [2.75, 3.05) is 139 Å². The average molecular weight is 811 g/mol. The van der Waals surface area contributed by atoms with Crippen LogP contribution in [0.15, 0.2) is 0 Å². The molecule has 0 rings (SSSR count). The van der Waals surface area contributed by atoms with Crippen molar-refractivity contribution in [1.82, 2.24) is 0 Å². The molecular weight excluding hydrogens is 732 g/mol. The van der Waals surface area contributed by atoms with Crippen molar-refractivity contribution in [3.05, 3.63) is 0 Å². The summed E-state index contributed by atoms with van der Waals surface area (Å²) in [6.07, 6.45) is 18.5. The van der Waals surface area contributed by atoms with Crippen LogP contribution in [0, 0.1) is 0 Å². The molecule has 0 unspecified atom stereocenters. The van der Waals surface area contributed by atoms with Gasteiger partial charge in [0.15, 0.2) is 0 Å². The van der Waals surface area contributed by atoms with Gasteiger partial charge in [0.1, 0.15) is 6.61 Å². The molecule has 0 aliphatic rings. The second-order valence-electron chi connectivity index (χ2n) is 13.2.